The number of aromatic nitrogens is 2. The first-order valence-electron chi connectivity index (χ1n) is 9.49. The number of hydrogen-bond donors (Lipinski definition) is 1. The first kappa shape index (κ1) is 19.3. The summed E-state index contributed by atoms with van der Waals surface area (Å²) < 4.78 is 2.02. The van der Waals surface area contributed by atoms with E-state index >= 15 is 0 Å². The predicted octanol–water partition coefficient (Wildman–Crippen LogP) is 4.07. The van der Waals surface area contributed by atoms with Crippen LogP contribution in [0.1, 0.15) is 25.3 Å². The maximum Gasteiger partial charge on any atom is 0.244 e. The van der Waals surface area contributed by atoms with Crippen LogP contribution in [0.5, 0.6) is 0 Å². The molecule has 7 heteroatoms. The largest absolute Gasteiger partial charge is 0.323 e. The molecule has 0 bridgehead atoms. The van der Waals surface area contributed by atoms with Crippen molar-refractivity contribution in [3.05, 3.63) is 66.5 Å². The molecule has 0 spiro atoms. The predicted molar refractivity (Wildman–Crippen MR) is 116 cm³/mol. The van der Waals surface area contributed by atoms with Gasteiger partial charge in [0.15, 0.2) is 5.16 Å². The number of amides is 2. The third kappa shape index (κ3) is 3.91. The summed E-state index contributed by atoms with van der Waals surface area (Å²) in [7, 11) is 0. The minimum absolute atomic E-state index is 0.0288. The van der Waals surface area contributed by atoms with E-state index in [0.717, 1.165) is 16.5 Å². The molecule has 0 radical (unpaired) electrons. The van der Waals surface area contributed by atoms with Gasteiger partial charge in [-0.15, -0.1) is 0 Å². The molecule has 29 heavy (non-hydrogen) atoms. The van der Waals surface area contributed by atoms with Gasteiger partial charge in [0.1, 0.15) is 6.54 Å². The van der Waals surface area contributed by atoms with Gasteiger partial charge in [-0.1, -0.05) is 55.9 Å². The van der Waals surface area contributed by atoms with Crippen LogP contribution in [0.4, 0.5) is 11.4 Å². The molecule has 0 saturated carbocycles. The van der Waals surface area contributed by atoms with Gasteiger partial charge in [-0.2, -0.15) is 0 Å². The van der Waals surface area contributed by atoms with Gasteiger partial charge in [-0.05, 0) is 29.7 Å². The van der Waals surface area contributed by atoms with E-state index in [1.165, 1.54) is 22.2 Å². The Morgan fingerprint density at radius 1 is 1.14 bits per heavy atom. The zero-order chi connectivity index (χ0) is 20.4. The number of carbonyl (C=O) groups excluding carboxylic acids is 2. The molecule has 148 valence electrons. The van der Waals surface area contributed by atoms with Crippen LogP contribution in [0.3, 0.4) is 0 Å². The average Bonchev–Trinajstić information content (AvgIpc) is 3.19. The molecular weight excluding hydrogens is 384 g/mol. The summed E-state index contributed by atoms with van der Waals surface area (Å²) in [5.74, 6) is 0.262. The molecule has 1 aromatic heterocycles. The Balaban J connectivity index is 1.54. The summed E-state index contributed by atoms with van der Waals surface area (Å²) in [6.45, 7) is 4.34. The summed E-state index contributed by atoms with van der Waals surface area (Å²) in [6, 6.07) is 15.6. The van der Waals surface area contributed by atoms with Gasteiger partial charge in [0.25, 0.3) is 0 Å². The molecule has 0 atom stereocenters. The maximum absolute atomic E-state index is 12.9. The molecule has 2 aromatic carbocycles. The molecule has 1 aliphatic heterocycles. The van der Waals surface area contributed by atoms with Crippen molar-refractivity contribution < 1.29 is 9.59 Å². The number of benzene rings is 2. The van der Waals surface area contributed by atoms with E-state index in [4.69, 9.17) is 0 Å². The fraction of sp³-hybridized carbons (Fsp3) is 0.227. The Kier molecular flexibility index (Phi) is 5.40. The van der Waals surface area contributed by atoms with Gasteiger partial charge in [0, 0.05) is 12.4 Å². The van der Waals surface area contributed by atoms with Gasteiger partial charge in [0.05, 0.1) is 22.8 Å². The summed E-state index contributed by atoms with van der Waals surface area (Å²) >= 11 is 1.38. The average molecular weight is 407 g/mol. The van der Waals surface area contributed by atoms with Crippen molar-refractivity contribution in [1.29, 1.82) is 0 Å². The van der Waals surface area contributed by atoms with Crippen molar-refractivity contribution in [2.45, 2.75) is 24.9 Å². The van der Waals surface area contributed by atoms with Crippen molar-refractivity contribution in [1.82, 2.24) is 9.55 Å². The van der Waals surface area contributed by atoms with E-state index in [-0.39, 0.29) is 24.1 Å². The molecular formula is C22H22N4O2S. The highest BCUT2D eigenvalue weighted by atomic mass is 32.2. The minimum atomic E-state index is -0.186. The zero-order valence-corrected chi connectivity index (χ0v) is 17.1. The van der Waals surface area contributed by atoms with Gasteiger partial charge in [-0.3, -0.25) is 14.2 Å². The Morgan fingerprint density at radius 3 is 2.66 bits per heavy atom. The minimum Gasteiger partial charge on any atom is -0.323 e. The quantitative estimate of drug-likeness (QED) is 0.649. The first-order chi connectivity index (χ1) is 14.0. The first-order valence-corrected chi connectivity index (χ1v) is 10.5. The van der Waals surface area contributed by atoms with Crippen molar-refractivity contribution in [3.8, 4) is 5.69 Å². The summed E-state index contributed by atoms with van der Waals surface area (Å²) in [4.78, 5) is 30.9. The molecule has 0 saturated heterocycles. The number of rotatable bonds is 5. The molecule has 1 N–H and O–H groups in total. The highest BCUT2D eigenvalue weighted by Gasteiger charge is 2.26. The number of imidazole rings is 1. The second-order valence-electron chi connectivity index (χ2n) is 7.13. The molecule has 0 aliphatic carbocycles. The van der Waals surface area contributed by atoms with Crippen LogP contribution in [-0.4, -0.2) is 33.7 Å². The van der Waals surface area contributed by atoms with Crippen LogP contribution >= 0.6 is 11.8 Å². The van der Waals surface area contributed by atoms with Crippen LogP contribution in [0, 0.1) is 0 Å². The number of fused-ring (bicyclic) bond motifs is 1. The molecule has 0 fully saturated rings. The molecule has 2 amide bonds. The zero-order valence-electron chi connectivity index (χ0n) is 16.3. The SMILES string of the molecule is CC(C)c1ccccc1-n1ccnc1SCC(=O)N1CC(=O)Nc2ccccc21. The number of para-hydroxylation sites is 3. The Bertz CT molecular complexity index is 1060. The van der Waals surface area contributed by atoms with E-state index in [1.807, 2.05) is 41.1 Å². The van der Waals surface area contributed by atoms with E-state index in [0.29, 0.717) is 11.6 Å². The topological polar surface area (TPSA) is 67.2 Å². The summed E-state index contributed by atoms with van der Waals surface area (Å²) in [6.07, 6.45) is 3.66. The van der Waals surface area contributed by atoms with Crippen LogP contribution in [-0.2, 0) is 9.59 Å². The van der Waals surface area contributed by atoms with Crippen molar-refractivity contribution in [2.75, 3.05) is 22.5 Å². The maximum atomic E-state index is 12.9. The number of anilines is 2. The number of hydrogen-bond acceptors (Lipinski definition) is 4. The lowest BCUT2D eigenvalue weighted by molar-refractivity contribution is -0.120. The standard InChI is InChI=1S/C22H22N4O2S/c1-15(2)16-7-3-5-9-18(16)25-12-11-23-22(25)29-14-21(28)26-13-20(27)24-17-8-4-6-10-19(17)26/h3-12,15H,13-14H2,1-2H3,(H,24,27). The van der Waals surface area contributed by atoms with E-state index in [9.17, 15) is 9.59 Å². The van der Waals surface area contributed by atoms with Crippen molar-refractivity contribution >= 4 is 35.0 Å². The normalized spacial score (nSPS) is 13.3. The van der Waals surface area contributed by atoms with Gasteiger partial charge >= 0.3 is 0 Å². The Hall–Kier alpha value is -3.06. The molecule has 6 nitrogen and oxygen atoms in total. The lowest BCUT2D eigenvalue weighted by atomic mass is 10.0. The second kappa shape index (κ2) is 8.13. The fourth-order valence-corrected chi connectivity index (χ4v) is 4.28. The summed E-state index contributed by atoms with van der Waals surface area (Å²) in [5.41, 5.74) is 3.68. The van der Waals surface area contributed by atoms with Crippen LogP contribution < -0.4 is 10.2 Å². The molecule has 2 heterocycles. The van der Waals surface area contributed by atoms with Crippen LogP contribution in [0.15, 0.2) is 66.1 Å². The van der Waals surface area contributed by atoms with Crippen molar-refractivity contribution in [3.63, 3.8) is 0 Å². The molecule has 1 aliphatic rings. The molecule has 0 unspecified atom stereocenters. The smallest absolute Gasteiger partial charge is 0.244 e. The van der Waals surface area contributed by atoms with Gasteiger partial charge < -0.3 is 10.2 Å². The number of nitrogens with one attached hydrogen (secondary N) is 1. The van der Waals surface area contributed by atoms with E-state index in [2.05, 4.69) is 36.3 Å². The third-order valence-electron chi connectivity index (χ3n) is 4.82. The van der Waals surface area contributed by atoms with Gasteiger partial charge in [0.2, 0.25) is 11.8 Å². The lowest BCUT2D eigenvalue weighted by Gasteiger charge is -2.29. The van der Waals surface area contributed by atoms with Crippen molar-refractivity contribution in [2.24, 2.45) is 0 Å². The lowest BCUT2D eigenvalue weighted by Crippen LogP contribution is -2.43. The number of thioether (sulfide) groups is 1. The third-order valence-corrected chi connectivity index (χ3v) is 5.77. The molecule has 3 aromatic rings. The van der Waals surface area contributed by atoms with Crippen LogP contribution in [0.2, 0.25) is 0 Å². The Labute approximate surface area is 173 Å². The molecule has 4 rings (SSSR count). The highest BCUT2D eigenvalue weighted by Crippen LogP contribution is 2.31. The van der Waals surface area contributed by atoms with Crippen LogP contribution in [0.25, 0.3) is 5.69 Å². The van der Waals surface area contributed by atoms with Gasteiger partial charge in [-0.25, -0.2) is 4.98 Å². The van der Waals surface area contributed by atoms with E-state index in [1.54, 1.807) is 12.3 Å². The summed E-state index contributed by atoms with van der Waals surface area (Å²) in [5, 5.41) is 3.56. The monoisotopic (exact) mass is 406 g/mol. The number of nitrogens with zero attached hydrogens (tertiary/aromatic N) is 3. The fourth-order valence-electron chi connectivity index (χ4n) is 3.43. The Morgan fingerprint density at radius 2 is 1.86 bits per heavy atom. The highest BCUT2D eigenvalue weighted by molar-refractivity contribution is 7.99. The number of carbonyl (C=O) groups is 2. The van der Waals surface area contributed by atoms with E-state index < -0.39 is 0 Å². The second-order valence-corrected chi connectivity index (χ2v) is 8.07.